The van der Waals surface area contributed by atoms with E-state index in [2.05, 4.69) is 18.8 Å². The molecule has 0 aromatic carbocycles. The molecule has 0 radical (unpaired) electrons. The van der Waals surface area contributed by atoms with E-state index in [0.717, 1.165) is 18.7 Å². The average molecular weight is 263 g/mol. The smallest absolute Gasteiger partial charge is 0.222 e. The van der Waals surface area contributed by atoms with E-state index in [1.807, 2.05) is 25.2 Å². The Morgan fingerprint density at radius 2 is 2.16 bits per heavy atom. The van der Waals surface area contributed by atoms with Crippen molar-refractivity contribution in [3.63, 3.8) is 0 Å². The van der Waals surface area contributed by atoms with Crippen LogP contribution in [0, 0.1) is 5.92 Å². The van der Waals surface area contributed by atoms with Crippen molar-refractivity contribution in [2.75, 3.05) is 13.6 Å². The highest BCUT2D eigenvalue weighted by atomic mass is 16.2. The quantitative estimate of drug-likeness (QED) is 0.816. The minimum atomic E-state index is 0.154. The number of nitrogens with zero attached hydrogens (tertiary/aromatic N) is 2. The summed E-state index contributed by atoms with van der Waals surface area (Å²) in [5, 5.41) is 0. The van der Waals surface area contributed by atoms with Gasteiger partial charge in [0.05, 0.1) is 0 Å². The van der Waals surface area contributed by atoms with Crippen LogP contribution in [0.15, 0.2) is 24.4 Å². The van der Waals surface area contributed by atoms with Gasteiger partial charge in [0.15, 0.2) is 0 Å². The summed E-state index contributed by atoms with van der Waals surface area (Å²) in [6.45, 7) is 4.93. The third-order valence-electron chi connectivity index (χ3n) is 3.40. The Morgan fingerprint density at radius 1 is 1.42 bits per heavy atom. The van der Waals surface area contributed by atoms with Gasteiger partial charge in [-0.3, -0.25) is 9.78 Å². The normalized spacial score (nSPS) is 12.5. The molecule has 1 atom stereocenters. The maximum Gasteiger partial charge on any atom is 0.222 e. The first-order chi connectivity index (χ1) is 9.00. The largest absolute Gasteiger partial charge is 0.346 e. The number of carbonyl (C=O) groups excluding carboxylic acids is 1. The van der Waals surface area contributed by atoms with E-state index in [4.69, 9.17) is 5.73 Å². The van der Waals surface area contributed by atoms with Gasteiger partial charge < -0.3 is 10.6 Å². The van der Waals surface area contributed by atoms with Crippen molar-refractivity contribution < 1.29 is 4.79 Å². The molecule has 0 fully saturated rings. The lowest BCUT2D eigenvalue weighted by atomic mass is 10.0. The molecule has 1 aromatic heterocycles. The van der Waals surface area contributed by atoms with Crippen LogP contribution in [0.2, 0.25) is 0 Å². The summed E-state index contributed by atoms with van der Waals surface area (Å²) < 4.78 is 0. The fraction of sp³-hybridized carbons (Fsp3) is 0.600. The Kier molecular flexibility index (Phi) is 6.50. The van der Waals surface area contributed by atoms with Crippen molar-refractivity contribution in [1.29, 1.82) is 0 Å². The van der Waals surface area contributed by atoms with E-state index >= 15 is 0 Å². The van der Waals surface area contributed by atoms with E-state index < -0.39 is 0 Å². The van der Waals surface area contributed by atoms with E-state index in [0.29, 0.717) is 18.8 Å². The number of carbonyl (C=O) groups is 1. The van der Waals surface area contributed by atoms with Gasteiger partial charge in [0.2, 0.25) is 5.91 Å². The van der Waals surface area contributed by atoms with Gasteiger partial charge in [0.1, 0.15) is 0 Å². The molecule has 1 amide bonds. The molecule has 0 aliphatic heterocycles. The van der Waals surface area contributed by atoms with E-state index in [-0.39, 0.29) is 11.9 Å². The van der Waals surface area contributed by atoms with Crippen LogP contribution in [0.5, 0.6) is 0 Å². The zero-order valence-electron chi connectivity index (χ0n) is 12.2. The number of aromatic nitrogens is 1. The van der Waals surface area contributed by atoms with Crippen LogP contribution in [0.4, 0.5) is 0 Å². The number of nitrogens with two attached hydrogens (primary N) is 1. The molecule has 106 valence electrons. The number of aryl methyl sites for hydroxylation is 1. The number of hydrogen-bond acceptors (Lipinski definition) is 3. The van der Waals surface area contributed by atoms with Gasteiger partial charge in [-0.1, -0.05) is 19.9 Å². The second-order valence-corrected chi connectivity index (χ2v) is 5.33. The van der Waals surface area contributed by atoms with Crippen molar-refractivity contribution >= 4 is 5.91 Å². The van der Waals surface area contributed by atoms with Crippen LogP contribution in [-0.2, 0) is 11.2 Å². The van der Waals surface area contributed by atoms with Crippen molar-refractivity contribution in [1.82, 2.24) is 9.88 Å². The van der Waals surface area contributed by atoms with E-state index in [1.54, 1.807) is 11.1 Å². The molecule has 1 heterocycles. The second kappa shape index (κ2) is 7.89. The Morgan fingerprint density at radius 3 is 2.74 bits per heavy atom. The number of rotatable bonds is 7. The highest BCUT2D eigenvalue weighted by molar-refractivity contribution is 5.76. The topological polar surface area (TPSA) is 59.2 Å². The molecular formula is C15H25N3O. The first kappa shape index (κ1) is 15.6. The molecule has 0 saturated carbocycles. The van der Waals surface area contributed by atoms with Gasteiger partial charge in [-0.15, -0.1) is 0 Å². The Bertz CT molecular complexity index is 378. The summed E-state index contributed by atoms with van der Waals surface area (Å²) in [7, 11) is 1.84. The van der Waals surface area contributed by atoms with E-state index in [9.17, 15) is 4.79 Å². The molecule has 0 spiro atoms. The average Bonchev–Trinajstić information content (AvgIpc) is 2.42. The minimum Gasteiger partial charge on any atom is -0.346 e. The minimum absolute atomic E-state index is 0.154. The molecule has 0 aliphatic carbocycles. The van der Waals surface area contributed by atoms with Crippen LogP contribution in [0.1, 0.15) is 32.4 Å². The van der Waals surface area contributed by atoms with Crippen LogP contribution in [0.25, 0.3) is 0 Å². The van der Waals surface area contributed by atoms with Gasteiger partial charge in [0, 0.05) is 37.9 Å². The summed E-state index contributed by atoms with van der Waals surface area (Å²) in [4.78, 5) is 17.9. The van der Waals surface area contributed by atoms with Gasteiger partial charge in [0.25, 0.3) is 0 Å². The molecule has 1 unspecified atom stereocenters. The fourth-order valence-corrected chi connectivity index (χ4v) is 1.77. The Labute approximate surface area is 116 Å². The molecule has 0 bridgehead atoms. The van der Waals surface area contributed by atoms with Gasteiger partial charge in [-0.2, -0.15) is 0 Å². The lowest BCUT2D eigenvalue weighted by molar-refractivity contribution is -0.130. The summed E-state index contributed by atoms with van der Waals surface area (Å²) in [5.74, 6) is 0.610. The highest BCUT2D eigenvalue weighted by Crippen LogP contribution is 2.05. The van der Waals surface area contributed by atoms with E-state index in [1.165, 1.54) is 0 Å². The van der Waals surface area contributed by atoms with Crippen LogP contribution in [0.3, 0.4) is 0 Å². The van der Waals surface area contributed by atoms with Crippen LogP contribution >= 0.6 is 0 Å². The lowest BCUT2D eigenvalue weighted by Gasteiger charge is -2.21. The molecule has 0 saturated heterocycles. The number of hydrogen-bond donors (Lipinski definition) is 1. The predicted molar refractivity (Wildman–Crippen MR) is 77.6 cm³/mol. The molecule has 4 nitrogen and oxygen atoms in total. The van der Waals surface area contributed by atoms with Gasteiger partial charge in [-0.25, -0.2) is 0 Å². The summed E-state index contributed by atoms with van der Waals surface area (Å²) in [6.07, 6.45) is 3.80. The molecular weight excluding hydrogens is 238 g/mol. The third kappa shape index (κ3) is 5.83. The lowest BCUT2D eigenvalue weighted by Crippen LogP contribution is -2.34. The predicted octanol–water partition coefficient (Wildman–Crippen LogP) is 1.85. The Hall–Kier alpha value is -1.42. The second-order valence-electron chi connectivity index (χ2n) is 5.33. The van der Waals surface area contributed by atoms with Gasteiger partial charge in [-0.05, 0) is 30.9 Å². The maximum atomic E-state index is 12.0. The van der Waals surface area contributed by atoms with Gasteiger partial charge >= 0.3 is 0 Å². The maximum absolute atomic E-state index is 12.0. The summed E-state index contributed by atoms with van der Waals surface area (Å²) in [6, 6.07) is 5.93. The number of pyridine rings is 1. The molecule has 19 heavy (non-hydrogen) atoms. The van der Waals surface area contributed by atoms with Crippen molar-refractivity contribution in [3.05, 3.63) is 30.1 Å². The number of amides is 1. The van der Waals surface area contributed by atoms with Crippen LogP contribution in [-0.4, -0.2) is 35.4 Å². The summed E-state index contributed by atoms with van der Waals surface area (Å²) in [5.41, 5.74) is 6.94. The van der Waals surface area contributed by atoms with Crippen molar-refractivity contribution in [3.8, 4) is 0 Å². The van der Waals surface area contributed by atoms with Crippen molar-refractivity contribution in [2.45, 2.75) is 39.2 Å². The molecule has 4 heteroatoms. The van der Waals surface area contributed by atoms with Crippen molar-refractivity contribution in [2.24, 2.45) is 11.7 Å². The monoisotopic (exact) mass is 263 g/mol. The Balaban J connectivity index is 2.29. The summed E-state index contributed by atoms with van der Waals surface area (Å²) >= 11 is 0. The molecule has 0 aliphatic rings. The highest BCUT2D eigenvalue weighted by Gasteiger charge is 2.12. The zero-order valence-corrected chi connectivity index (χ0v) is 12.2. The standard InChI is InChI=1S/C15H25N3O/c1-12(2)14(16)9-11-18(3)15(19)8-7-13-6-4-5-10-17-13/h4-6,10,12,14H,7-9,11,16H2,1-3H3. The van der Waals surface area contributed by atoms with Crippen LogP contribution < -0.4 is 5.73 Å². The first-order valence-corrected chi connectivity index (χ1v) is 6.90. The first-order valence-electron chi connectivity index (χ1n) is 6.90. The molecule has 1 rings (SSSR count). The molecule has 2 N–H and O–H groups in total. The molecule has 1 aromatic rings. The SMILES string of the molecule is CC(C)C(N)CCN(C)C(=O)CCc1ccccn1. The zero-order chi connectivity index (χ0) is 14.3. The fourth-order valence-electron chi connectivity index (χ4n) is 1.77. The third-order valence-corrected chi connectivity index (χ3v) is 3.40.